The first-order valence-electron chi connectivity index (χ1n) is 8.54. The van der Waals surface area contributed by atoms with E-state index in [-0.39, 0.29) is 0 Å². The fraction of sp³-hybridized carbons (Fsp3) is 0.684. The smallest absolute Gasteiger partial charge is 0.0409 e. The Bertz CT molecular complexity index is 550. The summed E-state index contributed by atoms with van der Waals surface area (Å²) in [5.74, 6) is 2.97. The average molecular weight is 304 g/mol. The Morgan fingerprint density at radius 1 is 1.24 bits per heavy atom. The molecule has 2 saturated carbocycles. The molecule has 2 heteroatoms. The summed E-state index contributed by atoms with van der Waals surface area (Å²) in [6.07, 6.45) is 7.10. The maximum atomic E-state index is 6.23. The Hall–Kier alpha value is -0.530. The molecule has 2 bridgehead atoms. The molecule has 4 rings (SSSR count). The molecule has 1 N–H and O–H groups in total. The van der Waals surface area contributed by atoms with E-state index in [4.69, 9.17) is 11.6 Å². The van der Waals surface area contributed by atoms with E-state index in [1.54, 1.807) is 0 Å². The van der Waals surface area contributed by atoms with Crippen LogP contribution in [-0.4, -0.2) is 6.54 Å². The maximum absolute atomic E-state index is 6.23. The minimum absolute atomic E-state index is 0.296. The van der Waals surface area contributed by atoms with E-state index < -0.39 is 0 Å². The highest BCUT2D eigenvalue weighted by molar-refractivity contribution is 6.30. The molecule has 2 fully saturated rings. The summed E-state index contributed by atoms with van der Waals surface area (Å²) in [6, 6.07) is 6.91. The molecule has 4 atom stereocenters. The minimum Gasteiger partial charge on any atom is -0.309 e. The molecule has 0 saturated heterocycles. The predicted molar refractivity (Wildman–Crippen MR) is 88.6 cm³/mol. The molecule has 21 heavy (non-hydrogen) atoms. The van der Waals surface area contributed by atoms with Crippen molar-refractivity contribution in [3.63, 3.8) is 0 Å². The van der Waals surface area contributed by atoms with Gasteiger partial charge in [-0.15, -0.1) is 0 Å². The summed E-state index contributed by atoms with van der Waals surface area (Å²) in [5, 5.41) is 4.80. The Labute approximate surface area is 133 Å². The van der Waals surface area contributed by atoms with E-state index in [2.05, 4.69) is 31.3 Å². The summed E-state index contributed by atoms with van der Waals surface area (Å²) >= 11 is 6.23. The van der Waals surface area contributed by atoms with E-state index >= 15 is 0 Å². The zero-order chi connectivity index (χ0) is 14.6. The van der Waals surface area contributed by atoms with Crippen LogP contribution in [0.1, 0.15) is 56.7 Å². The zero-order valence-corrected chi connectivity index (χ0v) is 13.9. The third kappa shape index (κ3) is 2.43. The van der Waals surface area contributed by atoms with E-state index in [0.717, 1.165) is 29.2 Å². The number of fused-ring (bicyclic) bond motifs is 3. The number of rotatable bonds is 3. The molecule has 0 spiro atoms. The zero-order valence-electron chi connectivity index (χ0n) is 13.2. The van der Waals surface area contributed by atoms with Crippen molar-refractivity contribution < 1.29 is 0 Å². The van der Waals surface area contributed by atoms with E-state index in [1.807, 2.05) is 6.07 Å². The maximum Gasteiger partial charge on any atom is 0.0409 e. The molecule has 0 heterocycles. The van der Waals surface area contributed by atoms with Gasteiger partial charge in [-0.1, -0.05) is 37.9 Å². The van der Waals surface area contributed by atoms with Crippen molar-refractivity contribution in [2.45, 2.75) is 52.0 Å². The number of nitrogens with one attached hydrogen (secondary N) is 1. The van der Waals surface area contributed by atoms with Gasteiger partial charge in [-0.3, -0.25) is 0 Å². The standard InChI is InChI=1S/C19H26ClN/c1-19(2)10-14-5-6-16(20)9-17(14)18(19)21-11-15-8-12-3-4-13(15)7-12/h5-6,9,12-13,15,18,21H,3-4,7-8,10-11H2,1-2H3. The van der Waals surface area contributed by atoms with Gasteiger partial charge in [0.05, 0.1) is 0 Å². The molecule has 1 aromatic carbocycles. The summed E-state index contributed by atoms with van der Waals surface area (Å²) in [6.45, 7) is 5.97. The topological polar surface area (TPSA) is 12.0 Å². The van der Waals surface area contributed by atoms with Crippen LogP contribution in [0.3, 0.4) is 0 Å². The van der Waals surface area contributed by atoms with E-state index in [9.17, 15) is 0 Å². The van der Waals surface area contributed by atoms with Gasteiger partial charge in [0.15, 0.2) is 0 Å². The number of hydrogen-bond acceptors (Lipinski definition) is 1. The van der Waals surface area contributed by atoms with Crippen LogP contribution >= 0.6 is 11.6 Å². The SMILES string of the molecule is CC1(C)Cc2ccc(Cl)cc2C1NCC1CC2CCC1C2. The average Bonchev–Trinajstić information content (AvgIpc) is 3.08. The fourth-order valence-corrected chi connectivity index (χ4v) is 5.47. The van der Waals surface area contributed by atoms with Crippen LogP contribution in [-0.2, 0) is 6.42 Å². The van der Waals surface area contributed by atoms with E-state index in [1.165, 1.54) is 43.4 Å². The van der Waals surface area contributed by atoms with Gasteiger partial charge in [0.2, 0.25) is 0 Å². The lowest BCUT2D eigenvalue weighted by atomic mass is 9.84. The largest absolute Gasteiger partial charge is 0.309 e. The fourth-order valence-electron chi connectivity index (χ4n) is 5.29. The first-order valence-corrected chi connectivity index (χ1v) is 8.92. The summed E-state index contributed by atoms with van der Waals surface area (Å²) < 4.78 is 0. The van der Waals surface area contributed by atoms with Gasteiger partial charge in [0.25, 0.3) is 0 Å². The van der Waals surface area contributed by atoms with Gasteiger partial charge in [-0.2, -0.15) is 0 Å². The number of halogens is 1. The van der Waals surface area contributed by atoms with Crippen molar-refractivity contribution in [3.8, 4) is 0 Å². The van der Waals surface area contributed by atoms with Crippen LogP contribution < -0.4 is 5.32 Å². The molecule has 0 radical (unpaired) electrons. The highest BCUT2D eigenvalue weighted by Crippen LogP contribution is 2.49. The Kier molecular flexibility index (Phi) is 3.35. The van der Waals surface area contributed by atoms with Crippen LogP contribution in [0.5, 0.6) is 0 Å². The normalized spacial score (nSPS) is 36.1. The van der Waals surface area contributed by atoms with Gasteiger partial charge in [0.1, 0.15) is 0 Å². The Morgan fingerprint density at radius 2 is 2.10 bits per heavy atom. The van der Waals surface area contributed by atoms with Crippen LogP contribution in [0.25, 0.3) is 0 Å². The molecular weight excluding hydrogens is 278 g/mol. The molecule has 114 valence electrons. The van der Waals surface area contributed by atoms with Gasteiger partial charge < -0.3 is 5.32 Å². The quantitative estimate of drug-likeness (QED) is 0.829. The highest BCUT2D eigenvalue weighted by Gasteiger charge is 2.42. The summed E-state index contributed by atoms with van der Waals surface area (Å²) in [7, 11) is 0. The molecule has 0 aliphatic heterocycles. The molecule has 0 aromatic heterocycles. The van der Waals surface area contributed by atoms with Gasteiger partial charge in [0, 0.05) is 11.1 Å². The molecule has 4 unspecified atom stereocenters. The molecule has 1 nitrogen and oxygen atoms in total. The molecule has 3 aliphatic carbocycles. The van der Waals surface area contributed by atoms with Crippen molar-refractivity contribution in [2.75, 3.05) is 6.54 Å². The highest BCUT2D eigenvalue weighted by atomic mass is 35.5. The van der Waals surface area contributed by atoms with Crippen LogP contribution in [0.2, 0.25) is 5.02 Å². The van der Waals surface area contributed by atoms with Crippen LogP contribution in [0, 0.1) is 23.2 Å². The second-order valence-corrected chi connectivity index (χ2v) is 8.72. The third-order valence-corrected chi connectivity index (χ3v) is 6.55. The molecule has 0 amide bonds. The summed E-state index contributed by atoms with van der Waals surface area (Å²) in [4.78, 5) is 0. The van der Waals surface area contributed by atoms with Crippen molar-refractivity contribution in [2.24, 2.45) is 23.2 Å². The lowest BCUT2D eigenvalue weighted by Gasteiger charge is -2.31. The number of benzene rings is 1. The minimum atomic E-state index is 0.296. The molecular formula is C19H26ClN. The second-order valence-electron chi connectivity index (χ2n) is 8.28. The van der Waals surface area contributed by atoms with Crippen LogP contribution in [0.15, 0.2) is 18.2 Å². The van der Waals surface area contributed by atoms with Gasteiger partial charge >= 0.3 is 0 Å². The monoisotopic (exact) mass is 303 g/mol. The van der Waals surface area contributed by atoms with Crippen molar-refractivity contribution in [3.05, 3.63) is 34.3 Å². The first-order chi connectivity index (χ1) is 10.0. The second kappa shape index (κ2) is 4.99. The van der Waals surface area contributed by atoms with Gasteiger partial charge in [-0.25, -0.2) is 0 Å². The van der Waals surface area contributed by atoms with Crippen LogP contribution in [0.4, 0.5) is 0 Å². The van der Waals surface area contributed by atoms with Gasteiger partial charge in [-0.05, 0) is 78.7 Å². The first kappa shape index (κ1) is 14.1. The Balaban J connectivity index is 1.50. The predicted octanol–water partition coefficient (Wildman–Crippen LogP) is 4.99. The van der Waals surface area contributed by atoms with Crippen molar-refractivity contribution in [1.82, 2.24) is 5.32 Å². The number of hydrogen-bond donors (Lipinski definition) is 1. The molecule has 3 aliphatic rings. The lowest BCUT2D eigenvalue weighted by Crippen LogP contribution is -2.35. The lowest BCUT2D eigenvalue weighted by molar-refractivity contribution is 0.235. The van der Waals surface area contributed by atoms with E-state index in [0.29, 0.717) is 11.5 Å². The van der Waals surface area contributed by atoms with Crippen molar-refractivity contribution in [1.29, 1.82) is 0 Å². The Morgan fingerprint density at radius 3 is 2.81 bits per heavy atom. The van der Waals surface area contributed by atoms with Crippen molar-refractivity contribution >= 4 is 11.6 Å². The summed E-state index contributed by atoms with van der Waals surface area (Å²) in [5.41, 5.74) is 3.22. The molecule has 1 aromatic rings. The third-order valence-electron chi connectivity index (χ3n) is 6.32.